The van der Waals surface area contributed by atoms with E-state index >= 15 is 0 Å². The van der Waals surface area contributed by atoms with Crippen LogP contribution in [0.1, 0.15) is 49.3 Å². The molecule has 2 heterocycles. The Hall–Kier alpha value is -2.52. The van der Waals surface area contributed by atoms with E-state index in [0.717, 1.165) is 41.8 Å². The number of rotatable bonds is 6. The summed E-state index contributed by atoms with van der Waals surface area (Å²) in [5.41, 5.74) is 1.11. The number of alkyl halides is 2. The topological polar surface area (TPSA) is 71.8 Å². The zero-order chi connectivity index (χ0) is 21.3. The maximum atomic E-state index is 13.4. The lowest BCUT2D eigenvalue weighted by Crippen LogP contribution is -2.28. The molecule has 1 aromatic carbocycles. The molecule has 9 heteroatoms. The minimum atomic E-state index is -2.83. The Labute approximate surface area is 177 Å². The molecule has 0 spiro atoms. The Balaban J connectivity index is 1.77. The quantitative estimate of drug-likeness (QED) is 0.528. The highest BCUT2D eigenvalue weighted by Crippen LogP contribution is 2.32. The van der Waals surface area contributed by atoms with Crippen molar-refractivity contribution in [1.82, 2.24) is 19.3 Å². The fraction of sp³-hybridized carbons (Fsp3) is 0.381. The molecule has 0 unspecified atom stereocenters. The summed E-state index contributed by atoms with van der Waals surface area (Å²) >= 11 is 1.52. The van der Waals surface area contributed by atoms with E-state index in [1.165, 1.54) is 28.8 Å². The summed E-state index contributed by atoms with van der Waals surface area (Å²) < 4.78 is 31.4. The molecule has 1 fully saturated rings. The second kappa shape index (κ2) is 8.69. The minimum Gasteiger partial charge on any atom is -0.324 e. The number of anilines is 2. The van der Waals surface area contributed by atoms with Crippen LogP contribution in [-0.2, 0) is 0 Å². The summed E-state index contributed by atoms with van der Waals surface area (Å²) in [6.45, 7) is 1.98. The van der Waals surface area contributed by atoms with Crippen LogP contribution in [0.25, 0.3) is 11.0 Å². The Morgan fingerprint density at radius 2 is 2.00 bits per heavy atom. The van der Waals surface area contributed by atoms with Crippen molar-refractivity contribution in [3.63, 3.8) is 0 Å². The molecule has 0 radical (unpaired) electrons. The van der Waals surface area contributed by atoms with E-state index in [-0.39, 0.29) is 6.04 Å². The molecule has 30 heavy (non-hydrogen) atoms. The first-order valence-corrected chi connectivity index (χ1v) is 10.7. The Bertz CT molecular complexity index is 1130. The lowest BCUT2D eigenvalue weighted by molar-refractivity contribution is 0.149. The second-order valence-electron chi connectivity index (χ2n) is 7.39. The van der Waals surface area contributed by atoms with E-state index in [1.807, 2.05) is 32.2 Å². The third-order valence-electron chi connectivity index (χ3n) is 5.39. The van der Waals surface area contributed by atoms with Gasteiger partial charge in [-0.05, 0) is 68.6 Å². The number of benzene rings is 1. The third-order valence-corrected chi connectivity index (χ3v) is 6.08. The van der Waals surface area contributed by atoms with Crippen LogP contribution < -0.4 is 15.6 Å². The SMILES string of the molecule is CNSc1ccc(Nc2ncc3cc(C(F)F)c(=O)n(C4CCCC4)c3n2)c(C)c1. The van der Waals surface area contributed by atoms with Gasteiger partial charge in [-0.3, -0.25) is 14.1 Å². The van der Waals surface area contributed by atoms with E-state index in [9.17, 15) is 13.6 Å². The Kier molecular flexibility index (Phi) is 6.01. The van der Waals surface area contributed by atoms with Crippen molar-refractivity contribution in [1.29, 1.82) is 0 Å². The predicted octanol–water partition coefficient (Wildman–Crippen LogP) is 5.12. The molecule has 0 bridgehead atoms. The monoisotopic (exact) mass is 431 g/mol. The lowest BCUT2D eigenvalue weighted by Gasteiger charge is -2.18. The zero-order valence-corrected chi connectivity index (χ0v) is 17.6. The largest absolute Gasteiger partial charge is 0.324 e. The van der Waals surface area contributed by atoms with Gasteiger partial charge in [0.15, 0.2) is 0 Å². The molecule has 0 saturated heterocycles. The number of nitrogens with one attached hydrogen (secondary N) is 2. The first-order valence-electron chi connectivity index (χ1n) is 9.89. The van der Waals surface area contributed by atoms with Gasteiger partial charge in [0.2, 0.25) is 5.95 Å². The van der Waals surface area contributed by atoms with Crippen molar-refractivity contribution in [3.05, 3.63) is 51.9 Å². The second-order valence-corrected chi connectivity index (χ2v) is 8.48. The number of aromatic nitrogens is 3. The van der Waals surface area contributed by atoms with Gasteiger partial charge >= 0.3 is 0 Å². The first-order chi connectivity index (χ1) is 14.5. The number of nitrogens with zero attached hydrogens (tertiary/aromatic N) is 3. The van der Waals surface area contributed by atoms with Gasteiger partial charge in [-0.2, -0.15) is 4.98 Å². The van der Waals surface area contributed by atoms with Gasteiger partial charge in [0.05, 0.1) is 5.56 Å². The van der Waals surface area contributed by atoms with Crippen molar-refractivity contribution in [3.8, 4) is 0 Å². The highest BCUT2D eigenvalue weighted by Gasteiger charge is 2.25. The van der Waals surface area contributed by atoms with Gasteiger partial charge in [0.1, 0.15) is 5.65 Å². The lowest BCUT2D eigenvalue weighted by atomic mass is 10.1. The van der Waals surface area contributed by atoms with E-state index in [0.29, 0.717) is 17.0 Å². The van der Waals surface area contributed by atoms with Crippen LogP contribution in [0.3, 0.4) is 0 Å². The average Bonchev–Trinajstić information content (AvgIpc) is 3.24. The van der Waals surface area contributed by atoms with Crippen molar-refractivity contribution < 1.29 is 8.78 Å². The van der Waals surface area contributed by atoms with Gasteiger partial charge in [0, 0.05) is 28.2 Å². The van der Waals surface area contributed by atoms with Crippen molar-refractivity contribution in [2.75, 3.05) is 12.4 Å². The minimum absolute atomic E-state index is 0.110. The summed E-state index contributed by atoms with van der Waals surface area (Å²) in [5.74, 6) is 0.329. The maximum Gasteiger partial charge on any atom is 0.269 e. The van der Waals surface area contributed by atoms with Gasteiger partial charge in [-0.15, -0.1) is 0 Å². The van der Waals surface area contributed by atoms with Gasteiger partial charge in [-0.25, -0.2) is 13.8 Å². The summed E-state index contributed by atoms with van der Waals surface area (Å²) in [6.07, 6.45) is 2.20. The normalized spacial score (nSPS) is 14.7. The molecule has 158 valence electrons. The maximum absolute atomic E-state index is 13.4. The molecule has 1 aliphatic carbocycles. The number of aryl methyl sites for hydroxylation is 1. The number of hydrogen-bond acceptors (Lipinski definition) is 6. The van der Waals surface area contributed by atoms with Crippen LogP contribution in [0.2, 0.25) is 0 Å². The predicted molar refractivity (Wildman–Crippen MR) is 116 cm³/mol. The van der Waals surface area contributed by atoms with E-state index < -0.39 is 17.5 Å². The fourth-order valence-corrected chi connectivity index (χ4v) is 4.54. The van der Waals surface area contributed by atoms with Gasteiger partial charge in [0.25, 0.3) is 12.0 Å². The first kappa shape index (κ1) is 20.7. The van der Waals surface area contributed by atoms with Crippen LogP contribution in [-0.4, -0.2) is 21.6 Å². The third kappa shape index (κ3) is 4.04. The number of fused-ring (bicyclic) bond motifs is 1. The molecule has 3 aromatic rings. The zero-order valence-electron chi connectivity index (χ0n) is 16.8. The Morgan fingerprint density at radius 1 is 1.23 bits per heavy atom. The molecule has 2 N–H and O–H groups in total. The van der Waals surface area contributed by atoms with Gasteiger partial charge in [-0.1, -0.05) is 12.8 Å². The fourth-order valence-electron chi connectivity index (χ4n) is 3.94. The van der Waals surface area contributed by atoms with E-state index in [1.54, 1.807) is 0 Å². The molecule has 4 rings (SSSR count). The van der Waals surface area contributed by atoms with Crippen molar-refractivity contribution in [2.24, 2.45) is 0 Å². The highest BCUT2D eigenvalue weighted by molar-refractivity contribution is 7.97. The molecule has 0 aliphatic heterocycles. The summed E-state index contributed by atoms with van der Waals surface area (Å²) in [4.78, 5) is 22.8. The molecular formula is C21H23F2N5OS. The smallest absolute Gasteiger partial charge is 0.269 e. The highest BCUT2D eigenvalue weighted by atomic mass is 32.2. The number of pyridine rings is 1. The summed E-state index contributed by atoms with van der Waals surface area (Å²) in [5, 5.41) is 3.64. The molecule has 6 nitrogen and oxygen atoms in total. The molecule has 1 aliphatic rings. The molecule has 0 atom stereocenters. The van der Waals surface area contributed by atoms with E-state index in [4.69, 9.17) is 0 Å². The van der Waals surface area contributed by atoms with Crippen LogP contribution >= 0.6 is 11.9 Å². The number of halogens is 2. The summed E-state index contributed by atoms with van der Waals surface area (Å²) in [6, 6.07) is 7.05. The van der Waals surface area contributed by atoms with Crippen LogP contribution in [0, 0.1) is 6.92 Å². The number of hydrogen-bond donors (Lipinski definition) is 2. The molecule has 0 amide bonds. The molecule has 1 saturated carbocycles. The van der Waals surface area contributed by atoms with Crippen molar-refractivity contribution in [2.45, 2.75) is 50.0 Å². The average molecular weight is 432 g/mol. The molecule has 2 aromatic heterocycles. The van der Waals surface area contributed by atoms with Gasteiger partial charge < -0.3 is 5.32 Å². The Morgan fingerprint density at radius 3 is 2.67 bits per heavy atom. The standard InChI is InChI=1S/C21H23F2N5OS/c1-12-9-15(30-24-2)7-8-17(12)26-21-25-11-13-10-16(18(22)23)20(29)28(19(13)27-21)14-5-3-4-6-14/h7-11,14,18,24H,3-6H2,1-2H3,(H,25,26,27). The van der Waals surface area contributed by atoms with E-state index in [2.05, 4.69) is 20.0 Å². The van der Waals surface area contributed by atoms with Crippen molar-refractivity contribution >= 4 is 34.6 Å². The molecular weight excluding hydrogens is 408 g/mol. The summed E-state index contributed by atoms with van der Waals surface area (Å²) in [7, 11) is 1.86. The van der Waals surface area contributed by atoms with Crippen LogP contribution in [0.15, 0.2) is 40.2 Å². The van der Waals surface area contributed by atoms with Crippen LogP contribution in [0.4, 0.5) is 20.4 Å². The van der Waals surface area contributed by atoms with Crippen LogP contribution in [0.5, 0.6) is 0 Å².